The number of rotatable bonds is 8. The van der Waals surface area contributed by atoms with Crippen molar-refractivity contribution in [2.75, 3.05) is 0 Å². The van der Waals surface area contributed by atoms with E-state index in [4.69, 9.17) is 0 Å². The van der Waals surface area contributed by atoms with Gasteiger partial charge in [0.1, 0.15) is 6.09 Å². The van der Waals surface area contributed by atoms with Crippen molar-refractivity contribution in [2.24, 2.45) is 0 Å². The molecule has 2 atom stereocenters. The number of hydrogen-bond donors (Lipinski definition) is 1. The van der Waals surface area contributed by atoms with Gasteiger partial charge in [-0.15, -0.1) is 6.58 Å². The zero-order valence-electron chi connectivity index (χ0n) is 15.7. The van der Waals surface area contributed by atoms with E-state index in [1.54, 1.807) is 37.3 Å². The van der Waals surface area contributed by atoms with Gasteiger partial charge in [-0.1, -0.05) is 65.9 Å². The Labute approximate surface area is 171 Å². The van der Waals surface area contributed by atoms with Gasteiger partial charge in [-0.05, 0) is 31.0 Å². The second-order valence-corrected chi connectivity index (χ2v) is 7.79. The van der Waals surface area contributed by atoms with Crippen molar-refractivity contribution in [2.45, 2.75) is 41.9 Å². The topological polar surface area (TPSA) is 63.6 Å². The number of aryl methyl sites for hydroxylation is 1. The lowest BCUT2D eigenvalue weighted by atomic mass is 10.0. The predicted octanol–water partition coefficient (Wildman–Crippen LogP) is 4.13. The Bertz CT molecular complexity index is 827. The summed E-state index contributed by atoms with van der Waals surface area (Å²) < 4.78 is 43.4. The Kier molecular flexibility index (Phi) is 7.37. The van der Waals surface area contributed by atoms with E-state index < -0.39 is 36.2 Å². The molecular weight excluding hydrogens is 403 g/mol. The lowest BCUT2D eigenvalue weighted by Crippen LogP contribution is -2.66. The van der Waals surface area contributed by atoms with Gasteiger partial charge in [-0.3, -0.25) is 0 Å². The van der Waals surface area contributed by atoms with E-state index in [0.717, 1.165) is 11.6 Å². The summed E-state index contributed by atoms with van der Waals surface area (Å²) >= 11 is 0.238. The largest absolute Gasteiger partial charge is 0.530 e. The smallest absolute Gasteiger partial charge is 0.424 e. The Morgan fingerprint density at radius 3 is 2.28 bits per heavy atom. The van der Waals surface area contributed by atoms with Crippen molar-refractivity contribution >= 4 is 17.9 Å². The maximum absolute atomic E-state index is 14.5. The highest BCUT2D eigenvalue weighted by Crippen LogP contribution is 2.51. The Hall–Kier alpha value is -2.45. The molecule has 2 rings (SSSR count). The first-order valence-corrected chi connectivity index (χ1v) is 9.57. The zero-order valence-corrected chi connectivity index (χ0v) is 16.5. The van der Waals surface area contributed by atoms with Crippen molar-refractivity contribution < 1.29 is 28.2 Å². The van der Waals surface area contributed by atoms with Gasteiger partial charge in [-0.2, -0.15) is 13.2 Å². The van der Waals surface area contributed by atoms with Gasteiger partial charge in [0.25, 0.3) is 0 Å². The number of amides is 1. The van der Waals surface area contributed by atoms with Gasteiger partial charge in [0, 0.05) is 11.4 Å². The van der Waals surface area contributed by atoms with Gasteiger partial charge >= 0.3 is 6.18 Å². The number of aliphatic hydroxyl groups is 1. The van der Waals surface area contributed by atoms with Crippen LogP contribution in [-0.4, -0.2) is 33.3 Å². The molecule has 0 saturated heterocycles. The SMILES string of the molecule is C=CC[C@H](O)[C@](Sc1ccc(C)cc1)(N(Cc1ccccc1)C(=O)[O-])C(F)(F)F. The van der Waals surface area contributed by atoms with Crippen LogP contribution in [0.5, 0.6) is 0 Å². The summed E-state index contributed by atoms with van der Waals surface area (Å²) in [6, 6.07) is 14.0. The van der Waals surface area contributed by atoms with Crippen LogP contribution >= 0.6 is 11.8 Å². The van der Waals surface area contributed by atoms with E-state index in [2.05, 4.69) is 6.58 Å². The number of thioether (sulfide) groups is 1. The molecule has 0 aromatic heterocycles. The molecule has 1 amide bonds. The van der Waals surface area contributed by atoms with Gasteiger partial charge in [0.2, 0.25) is 4.87 Å². The molecule has 2 aromatic carbocycles. The first-order chi connectivity index (χ1) is 13.6. The van der Waals surface area contributed by atoms with E-state index in [1.807, 2.05) is 0 Å². The van der Waals surface area contributed by atoms with Crippen LogP contribution in [0.4, 0.5) is 18.0 Å². The average Bonchev–Trinajstić information content (AvgIpc) is 2.66. The van der Waals surface area contributed by atoms with Gasteiger partial charge in [0.15, 0.2) is 0 Å². The first kappa shape index (κ1) is 22.8. The third kappa shape index (κ3) is 5.13. The summed E-state index contributed by atoms with van der Waals surface area (Å²) in [6.07, 6.45) is -8.59. The molecule has 0 bridgehead atoms. The molecule has 0 aliphatic rings. The van der Waals surface area contributed by atoms with Crippen LogP contribution in [0.3, 0.4) is 0 Å². The number of carboxylic acid groups (broad SMARTS) is 1. The van der Waals surface area contributed by atoms with E-state index in [-0.39, 0.29) is 21.6 Å². The van der Waals surface area contributed by atoms with Gasteiger partial charge in [0.05, 0.1) is 6.10 Å². The minimum Gasteiger partial charge on any atom is -0.530 e. The molecule has 0 unspecified atom stereocenters. The molecule has 0 aliphatic heterocycles. The third-order valence-corrected chi connectivity index (χ3v) is 5.89. The van der Waals surface area contributed by atoms with Crippen molar-refractivity contribution in [3.05, 3.63) is 78.4 Å². The van der Waals surface area contributed by atoms with Crippen LogP contribution in [0.25, 0.3) is 0 Å². The second-order valence-electron chi connectivity index (χ2n) is 6.49. The Morgan fingerprint density at radius 1 is 1.21 bits per heavy atom. The monoisotopic (exact) mass is 424 g/mol. The molecule has 0 radical (unpaired) electrons. The Balaban J connectivity index is 2.64. The number of aliphatic hydroxyl groups excluding tert-OH is 1. The third-order valence-electron chi connectivity index (χ3n) is 4.35. The molecule has 1 N–H and O–H groups in total. The normalized spacial score (nSPS) is 14.7. The van der Waals surface area contributed by atoms with Crippen LogP contribution < -0.4 is 5.11 Å². The van der Waals surface area contributed by atoms with Crippen LogP contribution in [0, 0.1) is 6.92 Å². The zero-order chi connectivity index (χ0) is 21.7. The maximum Gasteiger partial charge on any atom is 0.424 e. The van der Waals surface area contributed by atoms with Crippen molar-refractivity contribution in [3.63, 3.8) is 0 Å². The number of nitrogens with zero attached hydrogens (tertiary/aromatic N) is 1. The van der Waals surface area contributed by atoms with Crippen LogP contribution in [0.1, 0.15) is 17.5 Å². The van der Waals surface area contributed by atoms with Gasteiger partial charge in [-0.25, -0.2) is 0 Å². The second kappa shape index (κ2) is 9.37. The summed E-state index contributed by atoms with van der Waals surface area (Å²) in [5.74, 6) is 0. The molecular formula is C21H21F3NO3S-. The number of benzene rings is 2. The van der Waals surface area contributed by atoms with E-state index >= 15 is 0 Å². The molecule has 4 nitrogen and oxygen atoms in total. The summed E-state index contributed by atoms with van der Waals surface area (Å²) in [5, 5.41) is 22.5. The molecule has 0 saturated carbocycles. The molecule has 29 heavy (non-hydrogen) atoms. The van der Waals surface area contributed by atoms with Crippen LogP contribution in [0.2, 0.25) is 0 Å². The molecule has 2 aromatic rings. The molecule has 8 heteroatoms. The summed E-state index contributed by atoms with van der Waals surface area (Å²) in [5.41, 5.74) is 1.17. The number of halogens is 3. The minimum absolute atomic E-state index is 0.154. The fourth-order valence-electron chi connectivity index (χ4n) is 2.89. The minimum atomic E-state index is -5.11. The van der Waals surface area contributed by atoms with E-state index in [1.165, 1.54) is 24.3 Å². The molecule has 156 valence electrons. The summed E-state index contributed by atoms with van der Waals surface area (Å²) in [7, 11) is 0. The summed E-state index contributed by atoms with van der Waals surface area (Å²) in [4.78, 5) is 9.04. The van der Waals surface area contributed by atoms with E-state index in [0.29, 0.717) is 5.56 Å². The highest BCUT2D eigenvalue weighted by molar-refractivity contribution is 8.00. The van der Waals surface area contributed by atoms with Crippen molar-refractivity contribution in [3.8, 4) is 0 Å². The lowest BCUT2D eigenvalue weighted by Gasteiger charge is -2.48. The van der Waals surface area contributed by atoms with E-state index in [9.17, 15) is 28.2 Å². The fraction of sp³-hybridized carbons (Fsp3) is 0.286. The first-order valence-electron chi connectivity index (χ1n) is 8.75. The number of carbonyl (C=O) groups is 1. The standard InChI is InChI=1S/C21H22F3NO3S/c1-3-7-18(26)20(21(22,23)24,29-17-12-10-15(2)11-13-17)25(19(27)28)14-16-8-5-4-6-9-16/h3-6,8-13,18,26H,1,7,14H2,2H3,(H,27,28)/p-1/t18-,20+/m0/s1. The van der Waals surface area contributed by atoms with Crippen molar-refractivity contribution in [1.29, 1.82) is 0 Å². The Morgan fingerprint density at radius 2 is 1.79 bits per heavy atom. The highest BCUT2D eigenvalue weighted by atomic mass is 32.2. The van der Waals surface area contributed by atoms with Crippen LogP contribution in [0.15, 0.2) is 72.1 Å². The quantitative estimate of drug-likeness (QED) is 0.393. The summed E-state index contributed by atoms with van der Waals surface area (Å²) in [6.45, 7) is 4.56. The molecule has 0 fully saturated rings. The number of hydrogen-bond acceptors (Lipinski definition) is 4. The number of carbonyl (C=O) groups excluding carboxylic acids is 1. The fourth-order valence-corrected chi connectivity index (χ4v) is 4.12. The van der Waals surface area contributed by atoms with Gasteiger partial charge < -0.3 is 19.9 Å². The highest BCUT2D eigenvalue weighted by Gasteiger charge is 2.64. The predicted molar refractivity (Wildman–Crippen MR) is 104 cm³/mol. The molecule has 0 heterocycles. The lowest BCUT2D eigenvalue weighted by molar-refractivity contribution is -0.292. The molecule has 0 spiro atoms. The van der Waals surface area contributed by atoms with Crippen LogP contribution in [-0.2, 0) is 6.54 Å². The molecule has 0 aliphatic carbocycles. The number of alkyl halides is 3. The maximum atomic E-state index is 14.5. The average molecular weight is 424 g/mol. The van der Waals surface area contributed by atoms with Crippen molar-refractivity contribution in [1.82, 2.24) is 4.90 Å².